The van der Waals surface area contributed by atoms with Crippen LogP contribution in [-0.4, -0.2) is 37.5 Å². The monoisotopic (exact) mass is 590 g/mol. The van der Waals surface area contributed by atoms with Crippen LogP contribution >= 0.6 is 11.6 Å². The number of ether oxygens (including phenoxy) is 2. The molecule has 1 heterocycles. The summed E-state index contributed by atoms with van der Waals surface area (Å²) in [6, 6.07) is 16.2. The molecule has 0 unspecified atom stereocenters. The van der Waals surface area contributed by atoms with Crippen molar-refractivity contribution in [3.8, 4) is 5.75 Å². The standard InChI is InChI=1S/C33H32ClFN2O5/c1-3-41-29-17-21(9-12-27(29)36-30(38)25-18-24(35)10-11-26(25)34)31(39)37-16-15-33(19-22-7-5-6-8-28(22)37)14-13-23(20-33)32(40)42-4-2/h5-12,17-18,20H,3-4,13-16,19H2,1-2H3,(H,36,38)/t33-/m0/s1. The summed E-state index contributed by atoms with van der Waals surface area (Å²) in [6.45, 7) is 4.69. The van der Waals surface area contributed by atoms with E-state index in [1.54, 1.807) is 36.9 Å². The van der Waals surface area contributed by atoms with Crippen LogP contribution in [0.2, 0.25) is 5.02 Å². The fourth-order valence-electron chi connectivity index (χ4n) is 5.73. The van der Waals surface area contributed by atoms with E-state index in [4.69, 9.17) is 21.1 Å². The normalized spacial score (nSPS) is 17.7. The fraction of sp³-hybridized carbons (Fsp3) is 0.303. The van der Waals surface area contributed by atoms with Crippen LogP contribution in [0.3, 0.4) is 0 Å². The maximum absolute atomic E-state index is 14.0. The van der Waals surface area contributed by atoms with Gasteiger partial charge >= 0.3 is 5.97 Å². The van der Waals surface area contributed by atoms with Crippen molar-refractivity contribution in [3.05, 3.63) is 99.8 Å². The Labute approximate surface area is 249 Å². The predicted octanol–water partition coefficient (Wildman–Crippen LogP) is 6.99. The second kappa shape index (κ2) is 12.4. The summed E-state index contributed by atoms with van der Waals surface area (Å²) >= 11 is 6.11. The van der Waals surface area contributed by atoms with Gasteiger partial charge in [0.2, 0.25) is 0 Å². The average molecular weight is 591 g/mol. The van der Waals surface area contributed by atoms with Crippen LogP contribution in [0.1, 0.15) is 59.4 Å². The maximum Gasteiger partial charge on any atom is 0.333 e. The average Bonchev–Trinajstić information content (AvgIpc) is 3.32. The summed E-state index contributed by atoms with van der Waals surface area (Å²) in [7, 11) is 0. The summed E-state index contributed by atoms with van der Waals surface area (Å²) in [5.74, 6) is -1.35. The minimum Gasteiger partial charge on any atom is -0.492 e. The number of fused-ring (bicyclic) bond motifs is 1. The molecule has 0 saturated heterocycles. The van der Waals surface area contributed by atoms with Gasteiger partial charge in [-0.25, -0.2) is 9.18 Å². The number of nitrogens with zero attached hydrogens (tertiary/aromatic N) is 1. The van der Waals surface area contributed by atoms with Gasteiger partial charge in [-0.05, 0) is 93.0 Å². The number of carbonyl (C=O) groups excluding carboxylic acids is 3. The zero-order valence-electron chi connectivity index (χ0n) is 23.5. The van der Waals surface area contributed by atoms with Gasteiger partial charge in [-0.1, -0.05) is 35.9 Å². The SMILES string of the molecule is CCOC(=O)C1=C[C@@]2(CC1)CCN(C(=O)c1ccc(NC(=O)c3cc(F)ccc3Cl)c(OCC)c1)c1ccccc1C2. The third-order valence-corrected chi connectivity index (χ3v) is 8.09. The number of allylic oxidation sites excluding steroid dienone is 1. The molecular weight excluding hydrogens is 559 g/mol. The molecule has 1 aliphatic heterocycles. The van der Waals surface area contributed by atoms with Gasteiger partial charge < -0.3 is 19.7 Å². The highest BCUT2D eigenvalue weighted by molar-refractivity contribution is 6.34. The summed E-state index contributed by atoms with van der Waals surface area (Å²) in [4.78, 5) is 41.1. The van der Waals surface area contributed by atoms with Crippen LogP contribution in [-0.2, 0) is 16.0 Å². The maximum atomic E-state index is 14.0. The molecule has 7 nitrogen and oxygen atoms in total. The highest BCUT2D eigenvalue weighted by Crippen LogP contribution is 2.46. The molecule has 0 aromatic heterocycles. The van der Waals surface area contributed by atoms with E-state index in [0.717, 1.165) is 23.7 Å². The topological polar surface area (TPSA) is 84.9 Å². The molecule has 0 radical (unpaired) electrons. The first-order chi connectivity index (χ1) is 20.2. The molecule has 218 valence electrons. The molecule has 0 saturated carbocycles. The predicted molar refractivity (Wildman–Crippen MR) is 160 cm³/mol. The van der Waals surface area contributed by atoms with Gasteiger partial charge in [-0.3, -0.25) is 9.59 Å². The number of nitrogens with one attached hydrogen (secondary N) is 1. The Bertz CT molecular complexity index is 1570. The first kappa shape index (κ1) is 29.3. The molecular formula is C33H32ClFN2O5. The number of hydrogen-bond donors (Lipinski definition) is 1. The van der Waals surface area contributed by atoms with Crippen molar-refractivity contribution < 1.29 is 28.2 Å². The Morgan fingerprint density at radius 3 is 2.62 bits per heavy atom. The lowest BCUT2D eigenvalue weighted by Gasteiger charge is -2.26. The van der Waals surface area contributed by atoms with E-state index in [2.05, 4.69) is 11.4 Å². The fourth-order valence-corrected chi connectivity index (χ4v) is 5.93. The summed E-state index contributed by atoms with van der Waals surface area (Å²) in [5, 5.41) is 2.84. The lowest BCUT2D eigenvalue weighted by atomic mass is 9.79. The second-order valence-electron chi connectivity index (χ2n) is 10.5. The van der Waals surface area contributed by atoms with E-state index in [1.165, 1.54) is 12.1 Å². The number of hydrogen-bond acceptors (Lipinski definition) is 5. The molecule has 1 aliphatic carbocycles. The molecule has 1 N–H and O–H groups in total. The largest absolute Gasteiger partial charge is 0.492 e. The van der Waals surface area contributed by atoms with Crippen molar-refractivity contribution >= 4 is 40.8 Å². The van der Waals surface area contributed by atoms with Crippen LogP contribution in [0.15, 0.2) is 72.3 Å². The van der Waals surface area contributed by atoms with Gasteiger partial charge in [0.15, 0.2) is 0 Å². The lowest BCUT2D eigenvalue weighted by molar-refractivity contribution is -0.138. The first-order valence-corrected chi connectivity index (χ1v) is 14.4. The smallest absolute Gasteiger partial charge is 0.333 e. The quantitative estimate of drug-likeness (QED) is 0.300. The minimum atomic E-state index is -0.599. The number of anilines is 2. The van der Waals surface area contributed by atoms with Crippen LogP contribution in [0.4, 0.5) is 15.8 Å². The van der Waals surface area contributed by atoms with Crippen molar-refractivity contribution in [1.29, 1.82) is 0 Å². The van der Waals surface area contributed by atoms with Crippen LogP contribution in [0, 0.1) is 11.2 Å². The first-order valence-electron chi connectivity index (χ1n) is 14.1. The summed E-state index contributed by atoms with van der Waals surface area (Å²) < 4.78 is 24.8. The minimum absolute atomic E-state index is 0.0125. The molecule has 0 fully saturated rings. The van der Waals surface area contributed by atoms with E-state index in [9.17, 15) is 18.8 Å². The molecule has 1 spiro atoms. The molecule has 3 aromatic carbocycles. The van der Waals surface area contributed by atoms with Crippen molar-refractivity contribution in [3.63, 3.8) is 0 Å². The number of benzene rings is 3. The number of esters is 1. The highest BCUT2D eigenvalue weighted by Gasteiger charge is 2.39. The van der Waals surface area contributed by atoms with Gasteiger partial charge in [-0.2, -0.15) is 0 Å². The zero-order valence-corrected chi connectivity index (χ0v) is 24.3. The molecule has 2 amide bonds. The number of rotatable bonds is 7. The van der Waals surface area contributed by atoms with Gasteiger partial charge in [0.05, 0.1) is 29.5 Å². The lowest BCUT2D eigenvalue weighted by Crippen LogP contribution is -2.33. The van der Waals surface area contributed by atoms with E-state index in [0.29, 0.717) is 61.6 Å². The van der Waals surface area contributed by atoms with E-state index in [-0.39, 0.29) is 27.9 Å². The van der Waals surface area contributed by atoms with Crippen LogP contribution in [0.5, 0.6) is 5.75 Å². The molecule has 0 bridgehead atoms. The summed E-state index contributed by atoms with van der Waals surface area (Å²) in [6.07, 6.45) is 4.94. The third kappa shape index (κ3) is 6.04. The van der Waals surface area contributed by atoms with Crippen molar-refractivity contribution in [2.24, 2.45) is 5.41 Å². The van der Waals surface area contributed by atoms with Gasteiger partial charge in [0.1, 0.15) is 11.6 Å². The number of halogens is 2. The third-order valence-electron chi connectivity index (χ3n) is 7.76. The van der Waals surface area contributed by atoms with E-state index < -0.39 is 11.7 Å². The van der Waals surface area contributed by atoms with Gasteiger partial charge in [-0.15, -0.1) is 0 Å². The molecule has 9 heteroatoms. The Kier molecular flexibility index (Phi) is 8.64. The van der Waals surface area contributed by atoms with E-state index in [1.807, 2.05) is 24.3 Å². The highest BCUT2D eigenvalue weighted by atomic mass is 35.5. The molecule has 3 aromatic rings. The molecule has 2 aliphatic rings. The van der Waals surface area contributed by atoms with Crippen LogP contribution in [0.25, 0.3) is 0 Å². The van der Waals surface area contributed by atoms with Crippen molar-refractivity contribution in [1.82, 2.24) is 0 Å². The Morgan fingerprint density at radius 2 is 1.83 bits per heavy atom. The van der Waals surface area contributed by atoms with Gasteiger partial charge in [0.25, 0.3) is 11.8 Å². The van der Waals surface area contributed by atoms with Crippen molar-refractivity contribution in [2.45, 2.75) is 39.5 Å². The second-order valence-corrected chi connectivity index (χ2v) is 10.9. The molecule has 5 rings (SSSR count). The number of amides is 2. The Hall–Kier alpha value is -4.17. The Morgan fingerprint density at radius 1 is 1.02 bits per heavy atom. The summed E-state index contributed by atoms with van der Waals surface area (Å²) in [5.41, 5.74) is 3.03. The zero-order chi connectivity index (χ0) is 29.9. The van der Waals surface area contributed by atoms with Gasteiger partial charge in [0, 0.05) is 23.4 Å². The van der Waals surface area contributed by atoms with Crippen molar-refractivity contribution in [2.75, 3.05) is 30.0 Å². The number of carbonyl (C=O) groups is 3. The van der Waals surface area contributed by atoms with Crippen LogP contribution < -0.4 is 15.0 Å². The molecule has 1 atom stereocenters. The Balaban J connectivity index is 1.42. The van der Waals surface area contributed by atoms with E-state index >= 15 is 0 Å². The molecule has 42 heavy (non-hydrogen) atoms. The number of para-hydroxylation sites is 1.